The second kappa shape index (κ2) is 7.18. The summed E-state index contributed by atoms with van der Waals surface area (Å²) in [6.45, 7) is 1.94. The summed E-state index contributed by atoms with van der Waals surface area (Å²) in [4.78, 5) is 19.4. The molecular formula is C23H21N3O4S. The van der Waals surface area contributed by atoms with Crippen LogP contribution in [0.3, 0.4) is 0 Å². The average molecular weight is 436 g/mol. The number of aromatic nitrogens is 1. The molecule has 5 rings (SSSR count). The van der Waals surface area contributed by atoms with Crippen molar-refractivity contribution < 1.29 is 17.9 Å². The molecule has 0 saturated carbocycles. The molecule has 3 heterocycles. The molecule has 2 aliphatic heterocycles. The van der Waals surface area contributed by atoms with Gasteiger partial charge in [-0.15, -0.1) is 0 Å². The number of anilines is 1. The van der Waals surface area contributed by atoms with Gasteiger partial charge in [-0.2, -0.15) is 0 Å². The minimum atomic E-state index is -3.86. The van der Waals surface area contributed by atoms with Gasteiger partial charge in [0.15, 0.2) is 6.10 Å². The second-order valence-corrected chi connectivity index (χ2v) is 9.51. The zero-order valence-electron chi connectivity index (χ0n) is 16.9. The molecule has 31 heavy (non-hydrogen) atoms. The summed E-state index contributed by atoms with van der Waals surface area (Å²) < 4.78 is 29.6. The maximum atomic E-state index is 13.4. The molecule has 7 nitrogen and oxygen atoms in total. The average Bonchev–Trinajstić information content (AvgIpc) is 3.32. The van der Waals surface area contributed by atoms with Gasteiger partial charge in [0.2, 0.25) is 10.0 Å². The molecule has 2 atom stereocenters. The van der Waals surface area contributed by atoms with Crippen LogP contribution in [0.15, 0.2) is 65.7 Å². The first-order chi connectivity index (χ1) is 14.8. The molecule has 0 radical (unpaired) electrons. The lowest BCUT2D eigenvalue weighted by atomic mass is 10.0. The van der Waals surface area contributed by atoms with Gasteiger partial charge in [-0.05, 0) is 66.9 Å². The number of sulfonamides is 1. The lowest BCUT2D eigenvalue weighted by molar-refractivity contribution is -0.124. The smallest absolute Gasteiger partial charge is 0.268 e. The Morgan fingerprint density at radius 3 is 2.68 bits per heavy atom. The second-order valence-electron chi connectivity index (χ2n) is 7.95. The Hall–Kier alpha value is -3.23. The van der Waals surface area contributed by atoms with E-state index >= 15 is 0 Å². The quantitative estimate of drug-likeness (QED) is 0.681. The zero-order valence-corrected chi connectivity index (χ0v) is 17.7. The van der Waals surface area contributed by atoms with Gasteiger partial charge < -0.3 is 9.64 Å². The maximum Gasteiger partial charge on any atom is 0.268 e. The summed E-state index contributed by atoms with van der Waals surface area (Å²) in [5.74, 6) is 0.497. The molecule has 0 spiro atoms. The number of nitrogens with zero attached hydrogens (tertiary/aromatic N) is 2. The van der Waals surface area contributed by atoms with Crippen LogP contribution in [0.2, 0.25) is 0 Å². The molecule has 0 saturated heterocycles. The van der Waals surface area contributed by atoms with E-state index in [0.717, 1.165) is 22.4 Å². The molecule has 2 aliphatic rings. The number of hydrogen-bond acceptors (Lipinski definition) is 5. The highest BCUT2D eigenvalue weighted by Gasteiger charge is 2.39. The van der Waals surface area contributed by atoms with E-state index in [0.29, 0.717) is 24.3 Å². The largest absolute Gasteiger partial charge is 0.480 e. The van der Waals surface area contributed by atoms with Gasteiger partial charge in [0.25, 0.3) is 5.91 Å². The van der Waals surface area contributed by atoms with Crippen molar-refractivity contribution in [3.63, 3.8) is 0 Å². The molecule has 158 valence electrons. The summed E-state index contributed by atoms with van der Waals surface area (Å²) in [5.41, 5.74) is 4.28. The fourth-order valence-electron chi connectivity index (χ4n) is 4.33. The van der Waals surface area contributed by atoms with Crippen molar-refractivity contribution in [1.29, 1.82) is 0 Å². The van der Waals surface area contributed by atoms with E-state index in [1.54, 1.807) is 17.2 Å². The molecule has 0 bridgehead atoms. The van der Waals surface area contributed by atoms with Crippen LogP contribution < -0.4 is 14.8 Å². The van der Waals surface area contributed by atoms with E-state index in [2.05, 4.69) is 4.98 Å². The van der Waals surface area contributed by atoms with Crippen molar-refractivity contribution in [3.05, 3.63) is 71.9 Å². The van der Waals surface area contributed by atoms with Gasteiger partial charge in [-0.1, -0.05) is 12.1 Å². The Bertz CT molecular complexity index is 1290. The van der Waals surface area contributed by atoms with Gasteiger partial charge in [-0.25, -0.2) is 13.6 Å². The SMILES string of the molecule is CC1Cc2ccc(S(N)(=O)=O)cc2N1C(=O)C1Cc2cc(-c3ccccn3)ccc2O1. The fourth-order valence-corrected chi connectivity index (χ4v) is 4.87. The topological polar surface area (TPSA) is 103 Å². The number of carbonyl (C=O) groups excluding carboxylic acids is 1. The fraction of sp³-hybridized carbons (Fsp3) is 0.217. The number of fused-ring (bicyclic) bond motifs is 2. The molecular weight excluding hydrogens is 414 g/mol. The predicted molar refractivity (Wildman–Crippen MR) is 116 cm³/mol. The minimum Gasteiger partial charge on any atom is -0.480 e. The lowest BCUT2D eigenvalue weighted by Crippen LogP contribution is -2.44. The molecule has 2 N–H and O–H groups in total. The molecule has 2 unspecified atom stereocenters. The van der Waals surface area contributed by atoms with Crippen LogP contribution in [-0.4, -0.2) is 31.5 Å². The van der Waals surface area contributed by atoms with E-state index in [-0.39, 0.29) is 16.8 Å². The number of nitrogens with two attached hydrogens (primary N) is 1. The van der Waals surface area contributed by atoms with Crippen LogP contribution in [0.25, 0.3) is 11.3 Å². The number of hydrogen-bond donors (Lipinski definition) is 1. The number of benzene rings is 2. The highest BCUT2D eigenvalue weighted by molar-refractivity contribution is 7.89. The molecule has 0 fully saturated rings. The van der Waals surface area contributed by atoms with Crippen molar-refractivity contribution in [2.24, 2.45) is 5.14 Å². The van der Waals surface area contributed by atoms with E-state index in [4.69, 9.17) is 9.88 Å². The van der Waals surface area contributed by atoms with Crippen molar-refractivity contribution >= 4 is 21.6 Å². The normalized spacial score (nSPS) is 19.6. The molecule has 2 aromatic carbocycles. The summed E-state index contributed by atoms with van der Waals surface area (Å²) in [6.07, 6.45) is 2.17. The van der Waals surface area contributed by atoms with Gasteiger partial charge in [0, 0.05) is 29.9 Å². The monoisotopic (exact) mass is 435 g/mol. The third-order valence-corrected chi connectivity index (χ3v) is 6.72. The van der Waals surface area contributed by atoms with Crippen LogP contribution >= 0.6 is 0 Å². The first kappa shape index (κ1) is 19.7. The minimum absolute atomic E-state index is 0.00576. The van der Waals surface area contributed by atoms with E-state index in [1.807, 2.05) is 43.3 Å². The Kier molecular flexibility index (Phi) is 4.56. The van der Waals surface area contributed by atoms with Crippen LogP contribution in [0.4, 0.5) is 5.69 Å². The number of carbonyl (C=O) groups is 1. The number of pyridine rings is 1. The summed E-state index contributed by atoms with van der Waals surface area (Å²) >= 11 is 0. The van der Waals surface area contributed by atoms with E-state index < -0.39 is 16.1 Å². The standard InChI is InChI=1S/C23H21N3O4S/c1-14-10-16-5-7-18(31(24,28)29)13-20(16)26(14)23(27)22-12-17-11-15(6-8-21(17)30-22)19-4-2-3-9-25-19/h2-9,11,13-14,22H,10,12H2,1H3,(H2,24,28,29). The summed E-state index contributed by atoms with van der Waals surface area (Å²) in [7, 11) is -3.86. The molecule has 0 aliphatic carbocycles. The number of amides is 1. The van der Waals surface area contributed by atoms with Crippen LogP contribution in [0.1, 0.15) is 18.1 Å². The Balaban J connectivity index is 1.43. The predicted octanol–water partition coefficient (Wildman–Crippen LogP) is 2.68. The Morgan fingerprint density at radius 1 is 1.10 bits per heavy atom. The summed E-state index contributed by atoms with van der Waals surface area (Å²) in [6, 6.07) is 16.1. The van der Waals surface area contributed by atoms with Crippen molar-refractivity contribution in [3.8, 4) is 17.0 Å². The van der Waals surface area contributed by atoms with Gasteiger partial charge in [-0.3, -0.25) is 9.78 Å². The van der Waals surface area contributed by atoms with Crippen LogP contribution in [0, 0.1) is 0 Å². The van der Waals surface area contributed by atoms with E-state index in [9.17, 15) is 13.2 Å². The summed E-state index contributed by atoms with van der Waals surface area (Å²) in [5, 5.41) is 5.29. The van der Waals surface area contributed by atoms with Gasteiger partial charge in [0.05, 0.1) is 10.6 Å². The third kappa shape index (κ3) is 3.47. The third-order valence-electron chi connectivity index (χ3n) is 5.81. The lowest BCUT2D eigenvalue weighted by Gasteiger charge is -2.25. The first-order valence-corrected chi connectivity index (χ1v) is 11.6. The highest BCUT2D eigenvalue weighted by atomic mass is 32.2. The first-order valence-electron chi connectivity index (χ1n) is 10.0. The van der Waals surface area contributed by atoms with Gasteiger partial charge in [0.1, 0.15) is 5.75 Å². The van der Waals surface area contributed by atoms with E-state index in [1.165, 1.54) is 12.1 Å². The van der Waals surface area contributed by atoms with Crippen LogP contribution in [0.5, 0.6) is 5.75 Å². The van der Waals surface area contributed by atoms with Crippen molar-refractivity contribution in [1.82, 2.24) is 4.98 Å². The zero-order chi connectivity index (χ0) is 21.8. The Labute approximate surface area is 180 Å². The number of ether oxygens (including phenoxy) is 1. The van der Waals surface area contributed by atoms with Crippen LogP contribution in [-0.2, 0) is 27.7 Å². The molecule has 1 amide bonds. The highest BCUT2D eigenvalue weighted by Crippen LogP contribution is 2.38. The molecule has 8 heteroatoms. The van der Waals surface area contributed by atoms with Crippen molar-refractivity contribution in [2.75, 3.05) is 4.90 Å². The molecule has 1 aromatic heterocycles. The Morgan fingerprint density at radius 2 is 1.94 bits per heavy atom. The maximum absolute atomic E-state index is 13.4. The van der Waals surface area contributed by atoms with Crippen molar-refractivity contribution in [2.45, 2.75) is 36.8 Å². The number of rotatable bonds is 3. The molecule has 3 aromatic rings. The van der Waals surface area contributed by atoms with Gasteiger partial charge >= 0.3 is 0 Å². The number of primary sulfonamides is 1.